The molecule has 0 atom stereocenters. The molecule has 1 aromatic heterocycles. The monoisotopic (exact) mass is 190 g/mol. The van der Waals surface area contributed by atoms with Crippen molar-refractivity contribution in [1.82, 2.24) is 9.55 Å². The Morgan fingerprint density at radius 1 is 1.29 bits per heavy atom. The molecular formula is C11H14N2O. The summed E-state index contributed by atoms with van der Waals surface area (Å²) < 4.78 is 1.93. The van der Waals surface area contributed by atoms with E-state index in [0.717, 1.165) is 11.0 Å². The van der Waals surface area contributed by atoms with E-state index in [-0.39, 0.29) is 6.61 Å². The molecule has 3 nitrogen and oxygen atoms in total. The highest BCUT2D eigenvalue weighted by Crippen LogP contribution is 2.19. The summed E-state index contributed by atoms with van der Waals surface area (Å²) in [6.45, 7) is 4.14. The van der Waals surface area contributed by atoms with Crippen molar-refractivity contribution in [3.05, 3.63) is 29.1 Å². The van der Waals surface area contributed by atoms with E-state index in [9.17, 15) is 0 Å². The summed E-state index contributed by atoms with van der Waals surface area (Å²) in [5.41, 5.74) is 4.53. The molecule has 0 fully saturated rings. The highest BCUT2D eigenvalue weighted by atomic mass is 16.3. The topological polar surface area (TPSA) is 38.1 Å². The third-order valence-corrected chi connectivity index (χ3v) is 2.73. The molecular weight excluding hydrogens is 176 g/mol. The lowest BCUT2D eigenvalue weighted by Gasteiger charge is -2.01. The smallest absolute Gasteiger partial charge is 0.135 e. The van der Waals surface area contributed by atoms with E-state index >= 15 is 0 Å². The normalized spacial score (nSPS) is 11.1. The van der Waals surface area contributed by atoms with Crippen LogP contribution in [0.2, 0.25) is 0 Å². The summed E-state index contributed by atoms with van der Waals surface area (Å²) in [5, 5.41) is 9.07. The van der Waals surface area contributed by atoms with Gasteiger partial charge >= 0.3 is 0 Å². The highest BCUT2D eigenvalue weighted by molar-refractivity contribution is 5.77. The SMILES string of the molecule is Cc1cc2nc(CO)n(C)c2cc1C. The predicted molar refractivity (Wildman–Crippen MR) is 56.1 cm³/mol. The van der Waals surface area contributed by atoms with Gasteiger partial charge in [-0.3, -0.25) is 0 Å². The minimum Gasteiger partial charge on any atom is -0.388 e. The van der Waals surface area contributed by atoms with Crippen LogP contribution in [0.5, 0.6) is 0 Å². The minimum absolute atomic E-state index is 0.0106. The summed E-state index contributed by atoms with van der Waals surface area (Å²) in [4.78, 5) is 4.35. The van der Waals surface area contributed by atoms with Crippen molar-refractivity contribution in [1.29, 1.82) is 0 Å². The molecule has 0 aliphatic carbocycles. The van der Waals surface area contributed by atoms with E-state index < -0.39 is 0 Å². The number of rotatable bonds is 1. The molecule has 0 amide bonds. The van der Waals surface area contributed by atoms with Gasteiger partial charge in [-0.1, -0.05) is 0 Å². The zero-order valence-corrected chi connectivity index (χ0v) is 8.70. The van der Waals surface area contributed by atoms with Gasteiger partial charge in [-0.15, -0.1) is 0 Å². The van der Waals surface area contributed by atoms with Gasteiger partial charge in [0.05, 0.1) is 11.0 Å². The van der Waals surface area contributed by atoms with Crippen molar-refractivity contribution in [3.63, 3.8) is 0 Å². The van der Waals surface area contributed by atoms with Gasteiger partial charge in [0, 0.05) is 7.05 Å². The Bertz CT molecular complexity index is 485. The van der Waals surface area contributed by atoms with E-state index in [1.165, 1.54) is 11.1 Å². The molecule has 0 spiro atoms. The number of benzene rings is 1. The summed E-state index contributed by atoms with van der Waals surface area (Å²) in [6, 6.07) is 4.17. The van der Waals surface area contributed by atoms with Crippen LogP contribution in [0.15, 0.2) is 12.1 Å². The molecule has 0 aliphatic heterocycles. The van der Waals surface area contributed by atoms with Crippen LogP contribution >= 0.6 is 0 Å². The first-order valence-corrected chi connectivity index (χ1v) is 4.67. The number of nitrogens with zero attached hydrogens (tertiary/aromatic N) is 2. The van der Waals surface area contributed by atoms with E-state index in [1.807, 2.05) is 11.6 Å². The molecule has 2 rings (SSSR count). The second-order valence-electron chi connectivity index (χ2n) is 3.67. The third kappa shape index (κ3) is 1.21. The molecule has 0 unspecified atom stereocenters. The predicted octanol–water partition coefficient (Wildman–Crippen LogP) is 1.68. The van der Waals surface area contributed by atoms with Gasteiger partial charge in [-0.05, 0) is 37.1 Å². The lowest BCUT2D eigenvalue weighted by Crippen LogP contribution is -1.96. The molecule has 0 aliphatic rings. The molecule has 0 bridgehead atoms. The Morgan fingerprint density at radius 2 is 1.93 bits per heavy atom. The number of imidazole rings is 1. The van der Waals surface area contributed by atoms with Crippen LogP contribution in [0.3, 0.4) is 0 Å². The van der Waals surface area contributed by atoms with Gasteiger partial charge in [-0.2, -0.15) is 0 Å². The quantitative estimate of drug-likeness (QED) is 0.743. The second kappa shape index (κ2) is 3.10. The van der Waals surface area contributed by atoms with Gasteiger partial charge in [-0.25, -0.2) is 4.98 Å². The fourth-order valence-corrected chi connectivity index (χ4v) is 1.64. The van der Waals surface area contributed by atoms with Gasteiger partial charge in [0.15, 0.2) is 0 Å². The summed E-state index contributed by atoms with van der Waals surface area (Å²) in [7, 11) is 1.93. The Kier molecular flexibility index (Phi) is 2.04. The van der Waals surface area contributed by atoms with Gasteiger partial charge in [0.2, 0.25) is 0 Å². The van der Waals surface area contributed by atoms with Crippen molar-refractivity contribution in [3.8, 4) is 0 Å². The van der Waals surface area contributed by atoms with E-state index in [1.54, 1.807) is 0 Å². The van der Waals surface area contributed by atoms with Crippen molar-refractivity contribution in [2.24, 2.45) is 7.05 Å². The molecule has 14 heavy (non-hydrogen) atoms. The van der Waals surface area contributed by atoms with Crippen molar-refractivity contribution < 1.29 is 5.11 Å². The minimum atomic E-state index is -0.0106. The van der Waals surface area contributed by atoms with Crippen molar-refractivity contribution in [2.45, 2.75) is 20.5 Å². The fraction of sp³-hybridized carbons (Fsp3) is 0.364. The number of aromatic nitrogens is 2. The van der Waals surface area contributed by atoms with Crippen LogP contribution in [0, 0.1) is 13.8 Å². The number of aryl methyl sites for hydroxylation is 3. The molecule has 0 saturated carbocycles. The number of hydrogen-bond donors (Lipinski definition) is 1. The lowest BCUT2D eigenvalue weighted by molar-refractivity contribution is 0.268. The Morgan fingerprint density at radius 3 is 2.57 bits per heavy atom. The van der Waals surface area contributed by atoms with Crippen molar-refractivity contribution >= 4 is 11.0 Å². The van der Waals surface area contributed by atoms with Crippen LogP contribution in [-0.4, -0.2) is 14.7 Å². The number of hydrogen-bond acceptors (Lipinski definition) is 2. The summed E-state index contributed by atoms with van der Waals surface area (Å²) in [6.07, 6.45) is 0. The van der Waals surface area contributed by atoms with Crippen LogP contribution in [0.4, 0.5) is 0 Å². The molecule has 1 aromatic carbocycles. The Balaban J connectivity index is 2.80. The number of fused-ring (bicyclic) bond motifs is 1. The molecule has 1 heterocycles. The maximum Gasteiger partial charge on any atom is 0.135 e. The average molecular weight is 190 g/mol. The highest BCUT2D eigenvalue weighted by Gasteiger charge is 2.07. The molecule has 0 radical (unpaired) electrons. The van der Waals surface area contributed by atoms with Crippen LogP contribution in [-0.2, 0) is 13.7 Å². The molecule has 74 valence electrons. The summed E-state index contributed by atoms with van der Waals surface area (Å²) in [5.74, 6) is 0.713. The number of aliphatic hydroxyl groups excluding tert-OH is 1. The Labute approximate surface area is 83.0 Å². The standard InChI is InChI=1S/C11H14N2O/c1-7-4-9-10(5-8(7)2)13(3)11(6-14)12-9/h4-5,14H,6H2,1-3H3. The Hall–Kier alpha value is -1.35. The maximum atomic E-state index is 9.07. The summed E-state index contributed by atoms with van der Waals surface area (Å²) >= 11 is 0. The average Bonchev–Trinajstić information content (AvgIpc) is 2.45. The molecule has 3 heteroatoms. The lowest BCUT2D eigenvalue weighted by atomic mass is 10.1. The molecule has 1 N–H and O–H groups in total. The first kappa shape index (κ1) is 9.21. The molecule has 0 saturated heterocycles. The zero-order chi connectivity index (χ0) is 10.3. The second-order valence-corrected chi connectivity index (χ2v) is 3.67. The van der Waals surface area contributed by atoms with E-state index in [0.29, 0.717) is 5.82 Å². The first-order chi connectivity index (χ1) is 6.63. The maximum absolute atomic E-state index is 9.07. The fourth-order valence-electron chi connectivity index (χ4n) is 1.64. The van der Waals surface area contributed by atoms with Gasteiger partial charge in [0.25, 0.3) is 0 Å². The first-order valence-electron chi connectivity index (χ1n) is 4.67. The van der Waals surface area contributed by atoms with Gasteiger partial charge < -0.3 is 9.67 Å². The molecule has 2 aromatic rings. The third-order valence-electron chi connectivity index (χ3n) is 2.73. The van der Waals surface area contributed by atoms with E-state index in [2.05, 4.69) is 31.0 Å². The largest absolute Gasteiger partial charge is 0.388 e. The number of aliphatic hydroxyl groups is 1. The van der Waals surface area contributed by atoms with E-state index in [4.69, 9.17) is 5.11 Å². The van der Waals surface area contributed by atoms with Crippen molar-refractivity contribution in [2.75, 3.05) is 0 Å². The van der Waals surface area contributed by atoms with Crippen LogP contribution < -0.4 is 0 Å². The van der Waals surface area contributed by atoms with Gasteiger partial charge in [0.1, 0.15) is 12.4 Å². The van der Waals surface area contributed by atoms with Crippen LogP contribution in [0.25, 0.3) is 11.0 Å². The zero-order valence-electron chi connectivity index (χ0n) is 8.70. The van der Waals surface area contributed by atoms with Crippen LogP contribution in [0.1, 0.15) is 17.0 Å².